The van der Waals surface area contributed by atoms with E-state index in [0.717, 1.165) is 43.4 Å². The van der Waals surface area contributed by atoms with E-state index in [1.165, 1.54) is 19.3 Å². The molecule has 3 heteroatoms. The van der Waals surface area contributed by atoms with E-state index >= 15 is 0 Å². The van der Waals surface area contributed by atoms with Crippen LogP contribution in [-0.4, -0.2) is 34.6 Å². The summed E-state index contributed by atoms with van der Waals surface area (Å²) >= 11 is 0. The highest BCUT2D eigenvalue weighted by Crippen LogP contribution is 2.60. The summed E-state index contributed by atoms with van der Waals surface area (Å²) in [6.45, 7) is 3.15. The number of likely N-dealkylation sites (tertiary alicyclic amines) is 1. The summed E-state index contributed by atoms with van der Waals surface area (Å²) in [5.74, 6) is 2.84. The standard InChI is InChI=1S/C16H25NO2/c1-2-16(19)9-17(10-16)14(18)15-6-11-3-12(7-15)5-13(4-11)8-15/h11-13,19H,2-10H2,1H3. The Hall–Kier alpha value is -0.570. The van der Waals surface area contributed by atoms with Crippen LogP contribution in [-0.2, 0) is 4.79 Å². The molecule has 1 N–H and O–H groups in total. The number of nitrogens with zero attached hydrogens (tertiary/aromatic N) is 1. The van der Waals surface area contributed by atoms with E-state index < -0.39 is 5.60 Å². The first-order chi connectivity index (χ1) is 9.02. The lowest BCUT2D eigenvalue weighted by molar-refractivity contribution is -0.179. The first kappa shape index (κ1) is 12.2. The van der Waals surface area contributed by atoms with E-state index in [4.69, 9.17) is 0 Å². The van der Waals surface area contributed by atoms with Crippen LogP contribution in [0.25, 0.3) is 0 Å². The Labute approximate surface area is 115 Å². The van der Waals surface area contributed by atoms with Gasteiger partial charge in [0.2, 0.25) is 5.91 Å². The molecule has 0 aromatic heterocycles. The molecule has 1 aliphatic heterocycles. The minimum absolute atomic E-state index is 0.0240. The van der Waals surface area contributed by atoms with E-state index in [9.17, 15) is 9.90 Å². The molecule has 0 atom stereocenters. The normalized spacial score (nSPS) is 46.2. The van der Waals surface area contributed by atoms with Gasteiger partial charge in [-0.3, -0.25) is 4.79 Å². The van der Waals surface area contributed by atoms with Gasteiger partial charge in [-0.2, -0.15) is 0 Å². The molecule has 3 nitrogen and oxygen atoms in total. The fourth-order valence-corrected chi connectivity index (χ4v) is 5.74. The van der Waals surface area contributed by atoms with Gasteiger partial charge in [-0.1, -0.05) is 6.92 Å². The first-order valence-corrected chi connectivity index (χ1v) is 8.04. The summed E-state index contributed by atoms with van der Waals surface area (Å²) < 4.78 is 0. The van der Waals surface area contributed by atoms with Crippen LogP contribution in [0.3, 0.4) is 0 Å². The molecule has 1 amide bonds. The van der Waals surface area contributed by atoms with Gasteiger partial charge in [-0.05, 0) is 62.7 Å². The van der Waals surface area contributed by atoms with Crippen molar-refractivity contribution in [3.05, 3.63) is 0 Å². The van der Waals surface area contributed by atoms with Gasteiger partial charge in [-0.25, -0.2) is 0 Å². The van der Waals surface area contributed by atoms with Crippen LogP contribution in [0.2, 0.25) is 0 Å². The van der Waals surface area contributed by atoms with Crippen molar-refractivity contribution in [2.24, 2.45) is 23.2 Å². The molecule has 5 aliphatic rings. The van der Waals surface area contributed by atoms with Crippen molar-refractivity contribution in [1.29, 1.82) is 0 Å². The van der Waals surface area contributed by atoms with Crippen molar-refractivity contribution >= 4 is 5.91 Å². The monoisotopic (exact) mass is 263 g/mol. The van der Waals surface area contributed by atoms with Gasteiger partial charge < -0.3 is 10.0 Å². The van der Waals surface area contributed by atoms with Crippen molar-refractivity contribution in [3.8, 4) is 0 Å². The summed E-state index contributed by atoms with van der Waals surface area (Å²) in [5.41, 5.74) is -0.609. The van der Waals surface area contributed by atoms with Gasteiger partial charge in [-0.15, -0.1) is 0 Å². The number of hydrogen-bond acceptors (Lipinski definition) is 2. The molecule has 5 fully saturated rings. The van der Waals surface area contributed by atoms with Crippen LogP contribution < -0.4 is 0 Å². The number of aliphatic hydroxyl groups is 1. The highest BCUT2D eigenvalue weighted by atomic mass is 16.3. The molecule has 0 radical (unpaired) electrons. The predicted octanol–water partition coefficient (Wildman–Crippen LogP) is 2.19. The molecule has 0 aromatic rings. The first-order valence-electron chi connectivity index (χ1n) is 8.04. The minimum Gasteiger partial charge on any atom is -0.386 e. The highest BCUT2D eigenvalue weighted by molar-refractivity contribution is 5.84. The second-order valence-electron chi connectivity index (χ2n) is 7.94. The summed E-state index contributed by atoms with van der Waals surface area (Å²) in [6, 6.07) is 0. The van der Waals surface area contributed by atoms with Crippen LogP contribution in [0, 0.1) is 23.2 Å². The molecule has 106 valence electrons. The largest absolute Gasteiger partial charge is 0.386 e. The molecule has 4 saturated carbocycles. The molecule has 1 saturated heterocycles. The van der Waals surface area contributed by atoms with Crippen molar-refractivity contribution < 1.29 is 9.90 Å². The molecule has 0 spiro atoms. The Morgan fingerprint density at radius 1 is 1.11 bits per heavy atom. The Morgan fingerprint density at radius 2 is 1.58 bits per heavy atom. The van der Waals surface area contributed by atoms with Crippen molar-refractivity contribution in [2.75, 3.05) is 13.1 Å². The van der Waals surface area contributed by atoms with Crippen LogP contribution in [0.15, 0.2) is 0 Å². The summed E-state index contributed by atoms with van der Waals surface area (Å²) in [7, 11) is 0. The molecular formula is C16H25NO2. The zero-order valence-corrected chi connectivity index (χ0v) is 11.9. The van der Waals surface area contributed by atoms with Gasteiger partial charge in [0.25, 0.3) is 0 Å². The zero-order chi connectivity index (χ0) is 13.3. The van der Waals surface area contributed by atoms with E-state index in [-0.39, 0.29) is 5.41 Å². The third kappa shape index (κ3) is 1.70. The maximum absolute atomic E-state index is 12.9. The third-order valence-corrected chi connectivity index (χ3v) is 6.41. The topological polar surface area (TPSA) is 40.5 Å². The highest BCUT2D eigenvalue weighted by Gasteiger charge is 2.57. The summed E-state index contributed by atoms with van der Waals surface area (Å²) in [6.07, 6.45) is 8.32. The molecule has 0 unspecified atom stereocenters. The van der Waals surface area contributed by atoms with Crippen molar-refractivity contribution in [3.63, 3.8) is 0 Å². The Balaban J connectivity index is 1.52. The predicted molar refractivity (Wildman–Crippen MR) is 72.4 cm³/mol. The van der Waals surface area contributed by atoms with Gasteiger partial charge in [0.1, 0.15) is 0 Å². The summed E-state index contributed by atoms with van der Waals surface area (Å²) in [4.78, 5) is 14.8. The average molecular weight is 263 g/mol. The number of carbonyl (C=O) groups excluding carboxylic acids is 1. The Kier molecular flexibility index (Phi) is 2.41. The zero-order valence-electron chi connectivity index (χ0n) is 11.9. The van der Waals surface area contributed by atoms with Crippen molar-refractivity contribution in [2.45, 2.75) is 57.5 Å². The quantitative estimate of drug-likeness (QED) is 0.829. The molecule has 0 aromatic carbocycles. The fraction of sp³-hybridized carbons (Fsp3) is 0.938. The van der Waals surface area contributed by atoms with E-state index in [1.807, 2.05) is 11.8 Å². The minimum atomic E-state index is -0.585. The molecule has 4 aliphatic carbocycles. The van der Waals surface area contributed by atoms with Crippen molar-refractivity contribution in [1.82, 2.24) is 4.90 Å². The summed E-state index contributed by atoms with van der Waals surface area (Å²) in [5, 5.41) is 10.1. The Morgan fingerprint density at radius 3 is 2.00 bits per heavy atom. The van der Waals surface area contributed by atoms with Crippen LogP contribution in [0.1, 0.15) is 51.9 Å². The van der Waals surface area contributed by atoms with Crippen LogP contribution in [0.5, 0.6) is 0 Å². The average Bonchev–Trinajstić information content (AvgIpc) is 2.32. The van der Waals surface area contributed by atoms with E-state index in [1.54, 1.807) is 0 Å². The molecule has 1 heterocycles. The number of carbonyl (C=O) groups is 1. The number of amides is 1. The van der Waals surface area contributed by atoms with Gasteiger partial charge >= 0.3 is 0 Å². The smallest absolute Gasteiger partial charge is 0.229 e. The van der Waals surface area contributed by atoms with Crippen LogP contribution >= 0.6 is 0 Å². The lowest BCUT2D eigenvalue weighted by Crippen LogP contribution is -2.67. The fourth-order valence-electron chi connectivity index (χ4n) is 5.74. The number of β-amino-alcohol motifs (C(OH)–C–C–N with tert-alkyl or cyclic N) is 1. The Bertz CT molecular complexity index is 376. The lowest BCUT2D eigenvalue weighted by atomic mass is 9.49. The lowest BCUT2D eigenvalue weighted by Gasteiger charge is -2.58. The maximum atomic E-state index is 12.9. The molecule has 5 rings (SSSR count). The third-order valence-electron chi connectivity index (χ3n) is 6.41. The second kappa shape index (κ2) is 3.75. The SMILES string of the molecule is CCC1(O)CN(C(=O)C23CC4CC(CC(C4)C2)C3)C1. The van der Waals surface area contributed by atoms with E-state index in [0.29, 0.717) is 19.0 Å². The van der Waals surface area contributed by atoms with Crippen LogP contribution in [0.4, 0.5) is 0 Å². The van der Waals surface area contributed by atoms with Gasteiger partial charge in [0, 0.05) is 0 Å². The molecule has 4 bridgehead atoms. The number of hydrogen-bond donors (Lipinski definition) is 1. The second-order valence-corrected chi connectivity index (χ2v) is 7.94. The van der Waals surface area contributed by atoms with Gasteiger partial charge in [0.05, 0.1) is 24.1 Å². The maximum Gasteiger partial charge on any atom is 0.229 e. The molecule has 19 heavy (non-hydrogen) atoms. The van der Waals surface area contributed by atoms with E-state index in [2.05, 4.69) is 0 Å². The van der Waals surface area contributed by atoms with Gasteiger partial charge in [0.15, 0.2) is 0 Å². The number of rotatable bonds is 2. The molecular weight excluding hydrogens is 238 g/mol.